The Balaban J connectivity index is 1.95. The normalized spacial score (nSPS) is 12.0. The molecule has 2 aromatic carbocycles. The van der Waals surface area contributed by atoms with Crippen molar-refractivity contribution in [1.82, 2.24) is 10.3 Å². The molecule has 2 rings (SSSR count). The molecule has 0 spiro atoms. The van der Waals surface area contributed by atoms with Gasteiger partial charge in [-0.3, -0.25) is 10.2 Å². The Kier molecular flexibility index (Phi) is 5.98. The lowest BCUT2D eigenvalue weighted by atomic mass is 10.2. The van der Waals surface area contributed by atoms with E-state index in [2.05, 4.69) is 5.43 Å². The predicted molar refractivity (Wildman–Crippen MR) is 91.2 cm³/mol. The number of hydrazine groups is 1. The molecule has 0 heterocycles. The Morgan fingerprint density at radius 1 is 1.24 bits per heavy atom. The molecular weight excluding hydrogens is 366 g/mol. The molecule has 1 atom stereocenters. The van der Waals surface area contributed by atoms with Gasteiger partial charge in [-0.25, -0.2) is 8.42 Å². The monoisotopic (exact) mass is 379 g/mol. The molecule has 0 radical (unpaired) electrons. The third kappa shape index (κ3) is 5.19. The number of benzene rings is 2. The van der Waals surface area contributed by atoms with Crippen LogP contribution in [-0.4, -0.2) is 20.4 Å². The summed E-state index contributed by atoms with van der Waals surface area (Å²) < 4.78 is 29.6. The van der Waals surface area contributed by atoms with Crippen molar-refractivity contribution < 1.29 is 17.9 Å². The summed E-state index contributed by atoms with van der Waals surface area (Å²) in [6, 6.07) is 13.7. The number of ether oxygens (including phenoxy) is 1. The van der Waals surface area contributed by atoms with Crippen molar-refractivity contribution in [3.05, 3.63) is 59.1 Å². The molecule has 0 unspecified atom stereocenters. The molecule has 0 saturated heterocycles. The van der Waals surface area contributed by atoms with Crippen LogP contribution in [0.15, 0.2) is 53.4 Å². The number of nitriles is 1. The van der Waals surface area contributed by atoms with Gasteiger partial charge in [-0.2, -0.15) is 5.26 Å². The molecule has 0 fully saturated rings. The maximum absolute atomic E-state index is 12.1. The van der Waals surface area contributed by atoms with Gasteiger partial charge in [-0.05, 0) is 49.4 Å². The van der Waals surface area contributed by atoms with E-state index >= 15 is 0 Å². The van der Waals surface area contributed by atoms with Crippen molar-refractivity contribution in [1.29, 1.82) is 5.26 Å². The van der Waals surface area contributed by atoms with E-state index in [4.69, 9.17) is 21.6 Å². The van der Waals surface area contributed by atoms with E-state index in [1.807, 2.05) is 10.9 Å². The van der Waals surface area contributed by atoms with Crippen molar-refractivity contribution >= 4 is 27.5 Å². The Labute approximate surface area is 150 Å². The lowest BCUT2D eigenvalue weighted by Crippen LogP contribution is -2.47. The highest BCUT2D eigenvalue weighted by molar-refractivity contribution is 7.89. The summed E-state index contributed by atoms with van der Waals surface area (Å²) in [4.78, 5) is 13.9. The van der Waals surface area contributed by atoms with E-state index in [0.717, 1.165) is 0 Å². The minimum atomic E-state index is -3.95. The van der Waals surface area contributed by atoms with Gasteiger partial charge in [0.15, 0.2) is 6.10 Å². The van der Waals surface area contributed by atoms with E-state index in [0.29, 0.717) is 11.3 Å². The van der Waals surface area contributed by atoms with Crippen LogP contribution in [0.1, 0.15) is 12.5 Å². The maximum Gasteiger partial charge on any atom is 0.275 e. The molecule has 9 heteroatoms. The second-order valence-corrected chi connectivity index (χ2v) is 7.07. The quantitative estimate of drug-likeness (QED) is 0.746. The second kappa shape index (κ2) is 7.98. The van der Waals surface area contributed by atoms with Crippen molar-refractivity contribution in [2.45, 2.75) is 17.9 Å². The average molecular weight is 380 g/mol. The van der Waals surface area contributed by atoms with Crippen LogP contribution in [0.2, 0.25) is 5.02 Å². The molecule has 0 aliphatic rings. The van der Waals surface area contributed by atoms with Crippen LogP contribution in [0.5, 0.6) is 5.75 Å². The number of nitrogens with one attached hydrogen (secondary N) is 2. The van der Waals surface area contributed by atoms with Gasteiger partial charge in [0.1, 0.15) is 5.75 Å². The topological polar surface area (TPSA) is 108 Å². The van der Waals surface area contributed by atoms with Gasteiger partial charge >= 0.3 is 0 Å². The number of halogens is 1. The molecule has 2 N–H and O–H groups in total. The SMILES string of the molecule is C[C@H](Oc1ccc(C#N)cc1)C(=O)NNS(=O)(=O)c1cccc(Cl)c1. The van der Waals surface area contributed by atoms with Crippen LogP contribution in [0.25, 0.3) is 0 Å². The zero-order valence-corrected chi connectivity index (χ0v) is 14.6. The van der Waals surface area contributed by atoms with Crippen LogP contribution < -0.4 is 15.0 Å². The zero-order chi connectivity index (χ0) is 18.4. The average Bonchev–Trinajstić information content (AvgIpc) is 2.60. The van der Waals surface area contributed by atoms with E-state index in [9.17, 15) is 13.2 Å². The standard InChI is InChI=1S/C16H14ClN3O4S/c1-11(24-14-7-5-12(10-18)6-8-14)16(21)19-20-25(22,23)15-4-2-3-13(17)9-15/h2-9,11,20H,1H3,(H,19,21)/t11-/m0/s1. The molecule has 0 bridgehead atoms. The third-order valence-corrected chi connectivity index (χ3v) is 4.56. The van der Waals surface area contributed by atoms with Crippen LogP contribution >= 0.6 is 11.6 Å². The molecule has 1 amide bonds. The highest BCUT2D eigenvalue weighted by atomic mass is 35.5. The predicted octanol–water partition coefficient (Wildman–Crippen LogP) is 1.99. The van der Waals surface area contributed by atoms with Gasteiger partial charge in [-0.15, -0.1) is 4.83 Å². The summed E-state index contributed by atoms with van der Waals surface area (Å²) in [7, 11) is -3.95. The fraction of sp³-hybridized carbons (Fsp3) is 0.125. The number of amides is 1. The number of carbonyl (C=O) groups is 1. The number of carbonyl (C=O) groups excluding carboxylic acids is 1. The number of nitrogens with zero attached hydrogens (tertiary/aromatic N) is 1. The molecule has 130 valence electrons. The van der Waals surface area contributed by atoms with Crippen molar-refractivity contribution in [3.8, 4) is 11.8 Å². The van der Waals surface area contributed by atoms with Gasteiger partial charge in [-0.1, -0.05) is 17.7 Å². The number of rotatable bonds is 6. The fourth-order valence-electron chi connectivity index (χ4n) is 1.78. The summed E-state index contributed by atoms with van der Waals surface area (Å²) >= 11 is 5.76. The first kappa shape index (κ1) is 18.7. The Morgan fingerprint density at radius 2 is 1.92 bits per heavy atom. The number of hydrogen-bond acceptors (Lipinski definition) is 5. The van der Waals surface area contributed by atoms with Gasteiger partial charge in [0.2, 0.25) is 0 Å². The smallest absolute Gasteiger partial charge is 0.275 e. The molecular formula is C16H14ClN3O4S. The third-order valence-electron chi connectivity index (χ3n) is 3.08. The Morgan fingerprint density at radius 3 is 2.52 bits per heavy atom. The minimum Gasteiger partial charge on any atom is -0.481 e. The Hall–Kier alpha value is -2.60. The zero-order valence-electron chi connectivity index (χ0n) is 13.1. The summed E-state index contributed by atoms with van der Waals surface area (Å²) in [6.45, 7) is 1.46. The summed E-state index contributed by atoms with van der Waals surface area (Å²) in [5.41, 5.74) is 2.54. The molecule has 0 aliphatic heterocycles. The first-order valence-electron chi connectivity index (χ1n) is 7.06. The van der Waals surface area contributed by atoms with Crippen molar-refractivity contribution in [2.75, 3.05) is 0 Å². The molecule has 25 heavy (non-hydrogen) atoms. The first-order chi connectivity index (χ1) is 11.8. The van der Waals surface area contributed by atoms with E-state index in [1.54, 1.807) is 24.3 Å². The van der Waals surface area contributed by atoms with Crippen LogP contribution in [0, 0.1) is 11.3 Å². The maximum atomic E-state index is 12.1. The molecule has 0 aromatic heterocycles. The highest BCUT2D eigenvalue weighted by Crippen LogP contribution is 2.15. The number of hydrogen-bond donors (Lipinski definition) is 2. The van der Waals surface area contributed by atoms with E-state index in [-0.39, 0.29) is 9.92 Å². The van der Waals surface area contributed by atoms with Gasteiger partial charge in [0.05, 0.1) is 16.5 Å². The lowest BCUT2D eigenvalue weighted by molar-refractivity contribution is -0.127. The van der Waals surface area contributed by atoms with E-state index in [1.165, 1.54) is 31.2 Å². The number of sulfonamides is 1. The summed E-state index contributed by atoms with van der Waals surface area (Å²) in [5.74, 6) is -0.311. The summed E-state index contributed by atoms with van der Waals surface area (Å²) in [5, 5.41) is 8.98. The van der Waals surface area contributed by atoms with Gasteiger partial charge < -0.3 is 4.74 Å². The van der Waals surface area contributed by atoms with Crippen molar-refractivity contribution in [3.63, 3.8) is 0 Å². The first-order valence-corrected chi connectivity index (χ1v) is 8.92. The lowest BCUT2D eigenvalue weighted by Gasteiger charge is -2.15. The van der Waals surface area contributed by atoms with Gasteiger partial charge in [0, 0.05) is 5.02 Å². The molecule has 7 nitrogen and oxygen atoms in total. The van der Waals surface area contributed by atoms with E-state index < -0.39 is 22.0 Å². The second-order valence-electron chi connectivity index (χ2n) is 4.95. The van der Waals surface area contributed by atoms with Crippen molar-refractivity contribution in [2.24, 2.45) is 0 Å². The Bertz CT molecular complexity index is 908. The summed E-state index contributed by atoms with van der Waals surface area (Å²) in [6.07, 6.45) is -0.963. The largest absolute Gasteiger partial charge is 0.481 e. The molecule has 0 aliphatic carbocycles. The van der Waals surface area contributed by atoms with Crippen LogP contribution in [-0.2, 0) is 14.8 Å². The molecule has 2 aromatic rings. The van der Waals surface area contributed by atoms with Gasteiger partial charge in [0.25, 0.3) is 15.9 Å². The fourth-order valence-corrected chi connectivity index (χ4v) is 2.93. The van der Waals surface area contributed by atoms with Crippen LogP contribution in [0.4, 0.5) is 0 Å². The molecule has 0 saturated carbocycles. The van der Waals surface area contributed by atoms with Crippen LogP contribution in [0.3, 0.4) is 0 Å². The highest BCUT2D eigenvalue weighted by Gasteiger charge is 2.19. The minimum absolute atomic E-state index is 0.0824.